The molecule has 2 heteroatoms. The second-order valence-corrected chi connectivity index (χ2v) is 4.07. The molecule has 0 aliphatic rings. The van der Waals surface area contributed by atoms with Gasteiger partial charge in [0, 0.05) is 6.04 Å². The number of hydrogen-bond acceptors (Lipinski definition) is 2. The molecule has 0 heterocycles. The number of nitrogens with two attached hydrogens (primary N) is 1. The summed E-state index contributed by atoms with van der Waals surface area (Å²) in [6, 6.07) is 8.04. The third-order valence-corrected chi connectivity index (χ3v) is 1.97. The molecule has 1 unspecified atom stereocenters. The van der Waals surface area contributed by atoms with Crippen LogP contribution in [0.3, 0.4) is 0 Å². The highest BCUT2D eigenvalue weighted by Gasteiger charge is 2.01. The highest BCUT2D eigenvalue weighted by molar-refractivity contribution is 5.30. The number of ether oxygens (including phenoxy) is 1. The van der Waals surface area contributed by atoms with Gasteiger partial charge in [0.1, 0.15) is 5.75 Å². The molecule has 2 N–H and O–H groups in total. The molecule has 0 spiro atoms. The Morgan fingerprint density at radius 1 is 1.29 bits per heavy atom. The SMILES string of the molecule is CC(C)COc1cccc(C(C)N)c1. The summed E-state index contributed by atoms with van der Waals surface area (Å²) in [7, 11) is 0. The van der Waals surface area contributed by atoms with Gasteiger partial charge in [-0.25, -0.2) is 0 Å². The van der Waals surface area contributed by atoms with E-state index < -0.39 is 0 Å². The Morgan fingerprint density at radius 2 is 2.00 bits per heavy atom. The second kappa shape index (κ2) is 5.01. The van der Waals surface area contributed by atoms with Gasteiger partial charge in [-0.3, -0.25) is 0 Å². The van der Waals surface area contributed by atoms with Gasteiger partial charge in [0.15, 0.2) is 0 Å². The minimum absolute atomic E-state index is 0.0672. The minimum atomic E-state index is 0.0672. The summed E-state index contributed by atoms with van der Waals surface area (Å²) >= 11 is 0. The molecule has 14 heavy (non-hydrogen) atoms. The van der Waals surface area contributed by atoms with Crippen molar-refractivity contribution in [2.24, 2.45) is 11.7 Å². The van der Waals surface area contributed by atoms with Crippen LogP contribution in [0.25, 0.3) is 0 Å². The first-order valence-corrected chi connectivity index (χ1v) is 5.08. The molecule has 1 aromatic carbocycles. The maximum atomic E-state index is 5.78. The molecule has 1 aromatic rings. The van der Waals surface area contributed by atoms with Crippen LogP contribution in [0.1, 0.15) is 32.4 Å². The second-order valence-electron chi connectivity index (χ2n) is 4.07. The van der Waals surface area contributed by atoms with Crippen molar-refractivity contribution in [1.29, 1.82) is 0 Å². The molecular weight excluding hydrogens is 174 g/mol. The summed E-state index contributed by atoms with van der Waals surface area (Å²) in [6.07, 6.45) is 0. The Labute approximate surface area is 86.1 Å². The normalized spacial score (nSPS) is 12.9. The Morgan fingerprint density at radius 3 is 2.57 bits per heavy atom. The summed E-state index contributed by atoms with van der Waals surface area (Å²) in [5.74, 6) is 1.46. The molecular formula is C12H19NO. The molecule has 0 aliphatic carbocycles. The van der Waals surface area contributed by atoms with Crippen LogP contribution in [0, 0.1) is 5.92 Å². The number of rotatable bonds is 4. The quantitative estimate of drug-likeness (QED) is 0.798. The maximum absolute atomic E-state index is 5.78. The van der Waals surface area contributed by atoms with Crippen molar-refractivity contribution in [2.45, 2.75) is 26.8 Å². The van der Waals surface area contributed by atoms with Crippen molar-refractivity contribution in [3.05, 3.63) is 29.8 Å². The molecule has 1 atom stereocenters. The zero-order valence-corrected chi connectivity index (χ0v) is 9.16. The molecule has 0 bridgehead atoms. The van der Waals surface area contributed by atoms with Crippen molar-refractivity contribution in [3.8, 4) is 5.75 Å². The third-order valence-electron chi connectivity index (χ3n) is 1.97. The van der Waals surface area contributed by atoms with Gasteiger partial charge in [-0.1, -0.05) is 26.0 Å². The van der Waals surface area contributed by atoms with Crippen LogP contribution in [0.4, 0.5) is 0 Å². The van der Waals surface area contributed by atoms with E-state index >= 15 is 0 Å². The van der Waals surface area contributed by atoms with Gasteiger partial charge in [0.25, 0.3) is 0 Å². The first-order valence-electron chi connectivity index (χ1n) is 5.08. The predicted molar refractivity (Wildman–Crippen MR) is 59.4 cm³/mol. The van der Waals surface area contributed by atoms with Crippen LogP contribution in [0.5, 0.6) is 5.75 Å². The summed E-state index contributed by atoms with van der Waals surface area (Å²) in [5, 5.41) is 0. The fourth-order valence-corrected chi connectivity index (χ4v) is 1.15. The largest absolute Gasteiger partial charge is 0.493 e. The standard InChI is InChI=1S/C12H19NO/c1-9(2)8-14-12-6-4-5-11(7-12)10(3)13/h4-7,9-10H,8,13H2,1-3H3. The molecule has 0 aliphatic heterocycles. The Bertz CT molecular complexity index is 281. The fraction of sp³-hybridized carbons (Fsp3) is 0.500. The molecule has 0 saturated heterocycles. The highest BCUT2D eigenvalue weighted by Crippen LogP contribution is 2.17. The van der Waals surface area contributed by atoms with Gasteiger partial charge >= 0.3 is 0 Å². The molecule has 1 rings (SSSR count). The van der Waals surface area contributed by atoms with E-state index in [1.165, 1.54) is 0 Å². The van der Waals surface area contributed by atoms with Crippen molar-refractivity contribution < 1.29 is 4.74 Å². The summed E-state index contributed by atoms with van der Waals surface area (Å²) in [5.41, 5.74) is 6.90. The number of hydrogen-bond donors (Lipinski definition) is 1. The zero-order valence-electron chi connectivity index (χ0n) is 9.16. The van der Waals surface area contributed by atoms with Gasteiger partial charge in [0.2, 0.25) is 0 Å². The Balaban J connectivity index is 2.64. The van der Waals surface area contributed by atoms with E-state index in [4.69, 9.17) is 10.5 Å². The van der Waals surface area contributed by atoms with Gasteiger partial charge in [-0.15, -0.1) is 0 Å². The average Bonchev–Trinajstić information content (AvgIpc) is 2.15. The molecule has 0 saturated carbocycles. The van der Waals surface area contributed by atoms with E-state index in [1.807, 2.05) is 31.2 Å². The fourth-order valence-electron chi connectivity index (χ4n) is 1.15. The van der Waals surface area contributed by atoms with Crippen LogP contribution < -0.4 is 10.5 Å². The number of benzene rings is 1. The summed E-state index contributed by atoms with van der Waals surface area (Å²) < 4.78 is 5.60. The maximum Gasteiger partial charge on any atom is 0.119 e. The molecule has 0 aromatic heterocycles. The van der Waals surface area contributed by atoms with E-state index in [9.17, 15) is 0 Å². The molecule has 0 radical (unpaired) electrons. The van der Waals surface area contributed by atoms with Gasteiger partial charge in [-0.2, -0.15) is 0 Å². The molecule has 0 fully saturated rings. The van der Waals surface area contributed by atoms with E-state index in [-0.39, 0.29) is 6.04 Å². The highest BCUT2D eigenvalue weighted by atomic mass is 16.5. The lowest BCUT2D eigenvalue weighted by molar-refractivity contribution is 0.270. The first kappa shape index (κ1) is 11.1. The monoisotopic (exact) mass is 193 g/mol. The van der Waals surface area contributed by atoms with Crippen molar-refractivity contribution >= 4 is 0 Å². The zero-order chi connectivity index (χ0) is 10.6. The topological polar surface area (TPSA) is 35.2 Å². The minimum Gasteiger partial charge on any atom is -0.493 e. The van der Waals surface area contributed by atoms with Crippen LogP contribution in [0.15, 0.2) is 24.3 Å². The lowest BCUT2D eigenvalue weighted by Gasteiger charge is -2.11. The summed E-state index contributed by atoms with van der Waals surface area (Å²) in [6.45, 7) is 6.99. The van der Waals surface area contributed by atoms with Gasteiger partial charge < -0.3 is 10.5 Å². The Hall–Kier alpha value is -1.02. The van der Waals surface area contributed by atoms with Crippen molar-refractivity contribution in [1.82, 2.24) is 0 Å². The Kier molecular flexibility index (Phi) is 3.96. The van der Waals surface area contributed by atoms with Gasteiger partial charge in [-0.05, 0) is 30.5 Å². The van der Waals surface area contributed by atoms with E-state index in [0.29, 0.717) is 5.92 Å². The molecule has 78 valence electrons. The lowest BCUT2D eigenvalue weighted by atomic mass is 10.1. The van der Waals surface area contributed by atoms with E-state index in [2.05, 4.69) is 13.8 Å². The van der Waals surface area contributed by atoms with E-state index in [0.717, 1.165) is 17.9 Å². The third kappa shape index (κ3) is 3.38. The molecule has 0 amide bonds. The van der Waals surface area contributed by atoms with Crippen LogP contribution in [0.2, 0.25) is 0 Å². The van der Waals surface area contributed by atoms with E-state index in [1.54, 1.807) is 0 Å². The average molecular weight is 193 g/mol. The van der Waals surface area contributed by atoms with Gasteiger partial charge in [0.05, 0.1) is 6.61 Å². The van der Waals surface area contributed by atoms with Crippen LogP contribution in [-0.4, -0.2) is 6.61 Å². The predicted octanol–water partition coefficient (Wildman–Crippen LogP) is 2.74. The molecule has 2 nitrogen and oxygen atoms in total. The van der Waals surface area contributed by atoms with Crippen molar-refractivity contribution in [3.63, 3.8) is 0 Å². The van der Waals surface area contributed by atoms with Crippen molar-refractivity contribution in [2.75, 3.05) is 6.61 Å². The summed E-state index contributed by atoms with van der Waals surface area (Å²) in [4.78, 5) is 0. The van der Waals surface area contributed by atoms with Crippen LogP contribution in [-0.2, 0) is 0 Å². The smallest absolute Gasteiger partial charge is 0.119 e. The van der Waals surface area contributed by atoms with Crippen LogP contribution >= 0.6 is 0 Å². The first-order chi connectivity index (χ1) is 6.59. The lowest BCUT2D eigenvalue weighted by Crippen LogP contribution is -2.07.